The van der Waals surface area contributed by atoms with Gasteiger partial charge in [0, 0.05) is 30.3 Å². The predicted octanol–water partition coefficient (Wildman–Crippen LogP) is 3.64. The molecule has 0 N–H and O–H groups in total. The normalized spacial score (nSPS) is 16.9. The van der Waals surface area contributed by atoms with Crippen molar-refractivity contribution in [2.24, 2.45) is 0 Å². The minimum absolute atomic E-state index is 0.0129. The number of thiophene rings is 1. The molecular formula is C20H21N3O3S. The number of carbonyl (C=O) groups is 1. The van der Waals surface area contributed by atoms with E-state index in [4.69, 9.17) is 9.26 Å². The first kappa shape index (κ1) is 17.7. The molecular weight excluding hydrogens is 362 g/mol. The van der Waals surface area contributed by atoms with Crippen LogP contribution in [0.2, 0.25) is 0 Å². The van der Waals surface area contributed by atoms with Gasteiger partial charge in [-0.2, -0.15) is 4.98 Å². The Bertz CT molecular complexity index is 890. The van der Waals surface area contributed by atoms with E-state index in [0.717, 1.165) is 11.3 Å². The minimum Gasteiger partial charge on any atom is -0.494 e. The maximum Gasteiger partial charge on any atom is 0.231 e. The summed E-state index contributed by atoms with van der Waals surface area (Å²) < 4.78 is 10.8. The van der Waals surface area contributed by atoms with Crippen molar-refractivity contribution in [1.29, 1.82) is 0 Å². The summed E-state index contributed by atoms with van der Waals surface area (Å²) in [4.78, 5) is 20.0. The topological polar surface area (TPSA) is 68.5 Å². The van der Waals surface area contributed by atoms with Crippen molar-refractivity contribution in [1.82, 2.24) is 15.0 Å². The summed E-state index contributed by atoms with van der Waals surface area (Å²) in [5.41, 5.74) is 1.08. The summed E-state index contributed by atoms with van der Waals surface area (Å²) >= 11 is 1.67. The van der Waals surface area contributed by atoms with Crippen LogP contribution in [0.3, 0.4) is 0 Å². The highest BCUT2D eigenvalue weighted by molar-refractivity contribution is 7.09. The van der Waals surface area contributed by atoms with E-state index < -0.39 is 0 Å². The maximum absolute atomic E-state index is 12.4. The van der Waals surface area contributed by atoms with E-state index >= 15 is 0 Å². The second kappa shape index (κ2) is 7.92. The third-order valence-electron chi connectivity index (χ3n) is 4.58. The van der Waals surface area contributed by atoms with Crippen LogP contribution in [0.15, 0.2) is 46.3 Å². The smallest absolute Gasteiger partial charge is 0.231 e. The van der Waals surface area contributed by atoms with E-state index in [1.54, 1.807) is 11.3 Å². The zero-order valence-corrected chi connectivity index (χ0v) is 15.9. The molecule has 1 fully saturated rings. The van der Waals surface area contributed by atoms with Crippen molar-refractivity contribution in [3.8, 4) is 5.75 Å². The molecule has 3 aromatic rings. The Morgan fingerprint density at radius 1 is 1.30 bits per heavy atom. The molecule has 0 saturated carbocycles. The van der Waals surface area contributed by atoms with Crippen LogP contribution in [-0.2, 0) is 17.8 Å². The number of nitrogens with zero attached hydrogens (tertiary/aromatic N) is 3. The van der Waals surface area contributed by atoms with Gasteiger partial charge in [-0.05, 0) is 36.1 Å². The summed E-state index contributed by atoms with van der Waals surface area (Å²) in [6, 6.07) is 11.9. The number of hydrogen-bond donors (Lipinski definition) is 0. The lowest BCUT2D eigenvalue weighted by Gasteiger charge is -2.16. The summed E-state index contributed by atoms with van der Waals surface area (Å²) in [7, 11) is 0. The Balaban J connectivity index is 1.38. The highest BCUT2D eigenvalue weighted by atomic mass is 32.1. The zero-order valence-electron chi connectivity index (χ0n) is 15.1. The third-order valence-corrected chi connectivity index (χ3v) is 5.45. The molecule has 140 valence electrons. The molecule has 2 aromatic heterocycles. The molecule has 27 heavy (non-hydrogen) atoms. The molecule has 0 bridgehead atoms. The van der Waals surface area contributed by atoms with Crippen molar-refractivity contribution < 1.29 is 14.1 Å². The molecule has 0 spiro atoms. The van der Waals surface area contributed by atoms with Gasteiger partial charge < -0.3 is 14.2 Å². The van der Waals surface area contributed by atoms with Gasteiger partial charge >= 0.3 is 0 Å². The molecule has 1 atom stereocenters. The number of likely N-dealkylation sites (tertiary alicyclic amines) is 1. The Morgan fingerprint density at radius 3 is 2.89 bits per heavy atom. The molecule has 6 nitrogen and oxygen atoms in total. The number of benzene rings is 1. The first-order valence-electron chi connectivity index (χ1n) is 9.05. The standard InChI is InChI=1S/C20H21N3O3S/c1-2-25-16-7-5-14(6-8-16)12-23-13-15(10-19(23)24)20-21-18(26-22-20)11-17-4-3-9-27-17/h3-9,15H,2,10-13H2,1H3. The molecule has 1 aliphatic rings. The van der Waals surface area contributed by atoms with Crippen molar-refractivity contribution in [2.75, 3.05) is 13.2 Å². The van der Waals surface area contributed by atoms with Crippen molar-refractivity contribution in [3.05, 3.63) is 63.9 Å². The van der Waals surface area contributed by atoms with Crippen LogP contribution in [0.1, 0.15) is 41.4 Å². The van der Waals surface area contributed by atoms with Gasteiger partial charge in [0.25, 0.3) is 0 Å². The fourth-order valence-electron chi connectivity index (χ4n) is 3.24. The summed E-state index contributed by atoms with van der Waals surface area (Å²) in [5.74, 6) is 2.19. The van der Waals surface area contributed by atoms with Crippen LogP contribution in [0.5, 0.6) is 5.75 Å². The molecule has 4 rings (SSSR count). The molecule has 0 radical (unpaired) electrons. The summed E-state index contributed by atoms with van der Waals surface area (Å²) in [6.45, 7) is 3.80. The number of hydrogen-bond acceptors (Lipinski definition) is 6. The van der Waals surface area contributed by atoms with Gasteiger partial charge in [0.1, 0.15) is 5.75 Å². The van der Waals surface area contributed by atoms with Gasteiger partial charge in [0.05, 0.1) is 13.0 Å². The van der Waals surface area contributed by atoms with Crippen molar-refractivity contribution in [3.63, 3.8) is 0 Å². The Hall–Kier alpha value is -2.67. The molecule has 0 aliphatic carbocycles. The lowest BCUT2D eigenvalue weighted by Crippen LogP contribution is -2.24. The lowest BCUT2D eigenvalue weighted by molar-refractivity contribution is -0.128. The van der Waals surface area contributed by atoms with E-state index in [1.807, 2.05) is 53.6 Å². The minimum atomic E-state index is -0.0129. The van der Waals surface area contributed by atoms with Crippen LogP contribution >= 0.6 is 11.3 Å². The van der Waals surface area contributed by atoms with Crippen molar-refractivity contribution >= 4 is 17.2 Å². The van der Waals surface area contributed by atoms with Gasteiger partial charge in [0.15, 0.2) is 5.82 Å². The highest BCUT2D eigenvalue weighted by Gasteiger charge is 2.33. The largest absolute Gasteiger partial charge is 0.494 e. The van der Waals surface area contributed by atoms with Crippen LogP contribution in [-0.4, -0.2) is 34.1 Å². The lowest BCUT2D eigenvalue weighted by atomic mass is 10.1. The van der Waals surface area contributed by atoms with Gasteiger partial charge in [-0.15, -0.1) is 11.3 Å². The number of aromatic nitrogens is 2. The predicted molar refractivity (Wildman–Crippen MR) is 102 cm³/mol. The fourth-order valence-corrected chi connectivity index (χ4v) is 3.94. The van der Waals surface area contributed by atoms with Crippen LogP contribution in [0.4, 0.5) is 0 Å². The van der Waals surface area contributed by atoms with E-state index in [1.165, 1.54) is 4.88 Å². The average molecular weight is 383 g/mol. The number of rotatable bonds is 7. The Morgan fingerprint density at radius 2 is 2.15 bits per heavy atom. The highest BCUT2D eigenvalue weighted by Crippen LogP contribution is 2.28. The maximum atomic E-state index is 12.4. The molecule has 1 amide bonds. The summed E-state index contributed by atoms with van der Waals surface area (Å²) in [5, 5.41) is 6.14. The van der Waals surface area contributed by atoms with Crippen molar-refractivity contribution in [2.45, 2.75) is 32.2 Å². The Kier molecular flexibility index (Phi) is 5.20. The second-order valence-corrected chi connectivity index (χ2v) is 7.59. The van der Waals surface area contributed by atoms with Crippen LogP contribution in [0.25, 0.3) is 0 Å². The Labute approximate surface area is 161 Å². The summed E-state index contributed by atoms with van der Waals surface area (Å²) in [6.07, 6.45) is 1.07. The molecule has 1 aromatic carbocycles. The third kappa shape index (κ3) is 4.19. The van der Waals surface area contributed by atoms with Gasteiger partial charge in [0.2, 0.25) is 11.8 Å². The number of carbonyl (C=O) groups excluding carboxylic acids is 1. The van der Waals surface area contributed by atoms with Crippen LogP contribution < -0.4 is 4.74 Å². The molecule has 1 aliphatic heterocycles. The van der Waals surface area contributed by atoms with E-state index in [0.29, 0.717) is 44.3 Å². The molecule has 1 saturated heterocycles. The zero-order chi connectivity index (χ0) is 18.6. The average Bonchev–Trinajstić information content (AvgIpc) is 3.40. The number of amides is 1. The van der Waals surface area contributed by atoms with E-state index in [-0.39, 0.29) is 11.8 Å². The van der Waals surface area contributed by atoms with E-state index in [2.05, 4.69) is 10.1 Å². The fraction of sp³-hybridized carbons (Fsp3) is 0.350. The quantitative estimate of drug-likeness (QED) is 0.623. The SMILES string of the molecule is CCOc1ccc(CN2CC(c3noc(Cc4cccs4)n3)CC2=O)cc1. The van der Waals surface area contributed by atoms with Gasteiger partial charge in [-0.3, -0.25) is 4.79 Å². The van der Waals surface area contributed by atoms with Gasteiger partial charge in [-0.1, -0.05) is 23.4 Å². The monoisotopic (exact) mass is 383 g/mol. The van der Waals surface area contributed by atoms with Gasteiger partial charge in [-0.25, -0.2) is 0 Å². The molecule has 1 unspecified atom stereocenters. The van der Waals surface area contributed by atoms with Crippen LogP contribution in [0, 0.1) is 0 Å². The molecule has 3 heterocycles. The first-order valence-corrected chi connectivity index (χ1v) is 9.93. The molecule has 7 heteroatoms. The number of ether oxygens (including phenoxy) is 1. The first-order chi connectivity index (χ1) is 13.2. The second-order valence-electron chi connectivity index (χ2n) is 6.55. The van der Waals surface area contributed by atoms with E-state index in [9.17, 15) is 4.79 Å².